The van der Waals surface area contributed by atoms with Gasteiger partial charge >= 0.3 is 12.4 Å². The van der Waals surface area contributed by atoms with Gasteiger partial charge in [-0.05, 0) is 19.1 Å². The van der Waals surface area contributed by atoms with Gasteiger partial charge in [-0.25, -0.2) is 4.68 Å². The van der Waals surface area contributed by atoms with Gasteiger partial charge in [0, 0.05) is 17.1 Å². The van der Waals surface area contributed by atoms with Crippen LogP contribution in [0.4, 0.5) is 26.3 Å². The van der Waals surface area contributed by atoms with E-state index in [4.69, 9.17) is 0 Å². The van der Waals surface area contributed by atoms with E-state index in [9.17, 15) is 31.4 Å². The monoisotopic (exact) mass is 375 g/mol. The quantitative estimate of drug-likeness (QED) is 0.683. The number of hydrogen-bond acceptors (Lipinski definition) is 3. The standard InChI is InChI=1S/C16H11F6N3O/c1-14(26,16(20,21)22)9-6-10(8-23-7-9)25-12-5-3-2-4-11(12)13(24-25)15(17,18)19/h2-8,26H,1H3. The van der Waals surface area contributed by atoms with Crippen LogP contribution in [-0.4, -0.2) is 26.0 Å². The van der Waals surface area contributed by atoms with E-state index < -0.39 is 29.2 Å². The normalized spacial score (nSPS) is 15.2. The van der Waals surface area contributed by atoms with Gasteiger partial charge in [-0.3, -0.25) is 4.98 Å². The van der Waals surface area contributed by atoms with Crippen LogP contribution in [0.2, 0.25) is 0 Å². The fourth-order valence-corrected chi connectivity index (χ4v) is 2.45. The maximum Gasteiger partial charge on any atom is 0.435 e. The van der Waals surface area contributed by atoms with Crippen LogP contribution in [0.3, 0.4) is 0 Å². The van der Waals surface area contributed by atoms with Crippen LogP contribution in [0.5, 0.6) is 0 Å². The van der Waals surface area contributed by atoms with Crippen molar-refractivity contribution in [3.05, 3.63) is 54.0 Å². The minimum atomic E-state index is -4.99. The Labute approximate surface area is 142 Å². The molecule has 0 bridgehead atoms. The maximum absolute atomic E-state index is 13.2. The molecule has 26 heavy (non-hydrogen) atoms. The lowest BCUT2D eigenvalue weighted by molar-refractivity contribution is -0.259. The highest BCUT2D eigenvalue weighted by Gasteiger charge is 2.51. The van der Waals surface area contributed by atoms with Crippen molar-refractivity contribution in [1.82, 2.24) is 14.8 Å². The molecule has 1 aromatic carbocycles. The zero-order chi connectivity index (χ0) is 19.3. The smallest absolute Gasteiger partial charge is 0.376 e. The number of fused-ring (bicyclic) bond motifs is 1. The van der Waals surface area contributed by atoms with Crippen molar-refractivity contribution in [2.24, 2.45) is 0 Å². The number of benzene rings is 1. The third-order valence-corrected chi connectivity index (χ3v) is 3.94. The zero-order valence-corrected chi connectivity index (χ0v) is 13.1. The van der Waals surface area contributed by atoms with Gasteiger partial charge in [-0.2, -0.15) is 31.4 Å². The summed E-state index contributed by atoms with van der Waals surface area (Å²) in [4.78, 5) is 3.62. The van der Waals surface area contributed by atoms with E-state index in [1.54, 1.807) is 0 Å². The van der Waals surface area contributed by atoms with Gasteiger partial charge in [0.25, 0.3) is 0 Å². The van der Waals surface area contributed by atoms with Crippen LogP contribution in [0, 0.1) is 0 Å². The van der Waals surface area contributed by atoms with E-state index in [0.717, 1.165) is 23.1 Å². The molecule has 0 aliphatic rings. The molecule has 0 aliphatic heterocycles. The number of pyridine rings is 1. The van der Waals surface area contributed by atoms with Crippen molar-refractivity contribution in [2.45, 2.75) is 24.9 Å². The first-order valence-corrected chi connectivity index (χ1v) is 7.23. The third-order valence-electron chi connectivity index (χ3n) is 3.94. The van der Waals surface area contributed by atoms with Crippen LogP contribution in [0.25, 0.3) is 16.6 Å². The molecule has 1 unspecified atom stereocenters. The van der Waals surface area contributed by atoms with E-state index in [0.29, 0.717) is 6.92 Å². The van der Waals surface area contributed by atoms with Crippen LogP contribution in [-0.2, 0) is 11.8 Å². The Hall–Kier alpha value is -2.62. The summed E-state index contributed by atoms with van der Waals surface area (Å²) < 4.78 is 79.5. The van der Waals surface area contributed by atoms with Crippen molar-refractivity contribution in [3.63, 3.8) is 0 Å². The number of aliphatic hydroxyl groups is 1. The zero-order valence-electron chi connectivity index (χ0n) is 13.1. The van der Waals surface area contributed by atoms with Gasteiger partial charge in [-0.15, -0.1) is 0 Å². The van der Waals surface area contributed by atoms with Gasteiger partial charge < -0.3 is 5.11 Å². The largest absolute Gasteiger partial charge is 0.435 e. The lowest BCUT2D eigenvalue weighted by atomic mass is 9.97. The highest BCUT2D eigenvalue weighted by Crippen LogP contribution is 2.39. The molecule has 1 atom stereocenters. The molecule has 0 fully saturated rings. The molecule has 3 rings (SSSR count). The third kappa shape index (κ3) is 2.90. The molecule has 0 amide bonds. The Morgan fingerprint density at radius 2 is 1.65 bits per heavy atom. The highest BCUT2D eigenvalue weighted by atomic mass is 19.4. The summed E-state index contributed by atoms with van der Waals surface area (Å²) in [5, 5.41) is 13.1. The van der Waals surface area contributed by atoms with Crippen molar-refractivity contribution >= 4 is 10.9 Å². The summed E-state index contributed by atoms with van der Waals surface area (Å²) in [5.74, 6) is 0. The van der Waals surface area contributed by atoms with Gasteiger partial charge in [0.15, 0.2) is 11.3 Å². The molecule has 3 aromatic rings. The van der Waals surface area contributed by atoms with Crippen molar-refractivity contribution in [1.29, 1.82) is 0 Å². The molecule has 0 saturated heterocycles. The molecule has 138 valence electrons. The SMILES string of the molecule is CC(O)(c1cncc(-n2nc(C(F)(F)F)c3ccccc32)c1)C(F)(F)F. The lowest BCUT2D eigenvalue weighted by Gasteiger charge is -2.26. The molecule has 0 spiro atoms. The summed E-state index contributed by atoms with van der Waals surface area (Å²) in [7, 11) is 0. The summed E-state index contributed by atoms with van der Waals surface area (Å²) in [6.45, 7) is 0.538. The second-order valence-electron chi connectivity index (χ2n) is 5.78. The number of halogens is 6. The van der Waals surface area contributed by atoms with Crippen molar-refractivity contribution in [2.75, 3.05) is 0 Å². The van der Waals surface area contributed by atoms with E-state index in [1.807, 2.05) is 0 Å². The Bertz CT molecular complexity index is 959. The molecule has 0 saturated carbocycles. The molecule has 1 N–H and O–H groups in total. The first-order valence-electron chi connectivity index (χ1n) is 7.23. The predicted molar refractivity (Wildman–Crippen MR) is 79.5 cm³/mol. The average Bonchev–Trinajstić information content (AvgIpc) is 2.94. The topological polar surface area (TPSA) is 50.9 Å². The maximum atomic E-state index is 13.2. The second kappa shape index (κ2) is 5.70. The molecular formula is C16H11F6N3O. The fraction of sp³-hybridized carbons (Fsp3) is 0.250. The molecule has 2 heterocycles. The van der Waals surface area contributed by atoms with E-state index in [1.165, 1.54) is 24.3 Å². The summed E-state index contributed by atoms with van der Waals surface area (Å²) in [6, 6.07) is 6.34. The minimum absolute atomic E-state index is 0.0467. The molecule has 10 heteroatoms. The first-order chi connectivity index (χ1) is 11.9. The van der Waals surface area contributed by atoms with Crippen molar-refractivity contribution in [3.8, 4) is 5.69 Å². The van der Waals surface area contributed by atoms with Gasteiger partial charge in [-0.1, -0.05) is 18.2 Å². The Kier molecular flexibility index (Phi) is 3.98. The number of rotatable bonds is 2. The van der Waals surface area contributed by atoms with Crippen LogP contribution in [0.15, 0.2) is 42.7 Å². The number of hydrogen-bond donors (Lipinski definition) is 1. The van der Waals surface area contributed by atoms with Crippen LogP contribution >= 0.6 is 0 Å². The Morgan fingerprint density at radius 1 is 1.00 bits per heavy atom. The molecular weight excluding hydrogens is 364 g/mol. The second-order valence-corrected chi connectivity index (χ2v) is 5.78. The molecule has 0 aliphatic carbocycles. The fourth-order valence-electron chi connectivity index (χ4n) is 2.45. The molecule has 2 aromatic heterocycles. The number of aromatic nitrogens is 3. The van der Waals surface area contributed by atoms with Crippen LogP contribution in [0.1, 0.15) is 18.2 Å². The number of para-hydroxylation sites is 1. The highest BCUT2D eigenvalue weighted by molar-refractivity contribution is 5.84. The molecule has 0 radical (unpaired) electrons. The number of alkyl halides is 6. The Balaban J connectivity index is 2.22. The average molecular weight is 375 g/mol. The van der Waals surface area contributed by atoms with Crippen LogP contribution < -0.4 is 0 Å². The Morgan fingerprint density at radius 3 is 2.27 bits per heavy atom. The van der Waals surface area contributed by atoms with E-state index >= 15 is 0 Å². The van der Waals surface area contributed by atoms with Gasteiger partial charge in [0.05, 0.1) is 17.4 Å². The predicted octanol–water partition coefficient (Wildman–Crippen LogP) is 4.21. The summed E-state index contributed by atoms with van der Waals surface area (Å²) >= 11 is 0. The summed E-state index contributed by atoms with van der Waals surface area (Å²) in [6.07, 6.45) is -7.87. The first kappa shape index (κ1) is 18.2. The number of nitrogens with zero attached hydrogens (tertiary/aromatic N) is 3. The van der Waals surface area contributed by atoms with E-state index in [2.05, 4.69) is 10.1 Å². The summed E-state index contributed by atoms with van der Waals surface area (Å²) in [5.41, 5.74) is -5.09. The molecule has 4 nitrogen and oxygen atoms in total. The van der Waals surface area contributed by atoms with Crippen molar-refractivity contribution < 1.29 is 31.4 Å². The van der Waals surface area contributed by atoms with Gasteiger partial charge in [0.1, 0.15) is 0 Å². The van der Waals surface area contributed by atoms with Gasteiger partial charge in [0.2, 0.25) is 0 Å². The lowest BCUT2D eigenvalue weighted by Crippen LogP contribution is -2.39. The minimum Gasteiger partial charge on any atom is -0.376 e. The van der Waals surface area contributed by atoms with E-state index in [-0.39, 0.29) is 16.6 Å².